The van der Waals surface area contributed by atoms with Crippen molar-refractivity contribution >= 4 is 21.6 Å². The Morgan fingerprint density at radius 2 is 2.30 bits per heavy atom. The van der Waals surface area contributed by atoms with E-state index < -0.39 is 13.0 Å². The molecule has 1 rings (SSSR count). The summed E-state index contributed by atoms with van der Waals surface area (Å²) in [5.74, 6) is 0. The molecule has 1 aromatic rings. The number of ether oxygens (including phenoxy) is 1. The van der Waals surface area contributed by atoms with Gasteiger partial charge in [-0.15, -0.1) is 0 Å². The minimum atomic E-state index is -2.47. The third kappa shape index (κ3) is 5.54. The number of aryl methyl sites for hydroxylation is 1. The minimum absolute atomic E-state index is 0.135. The molecule has 5 nitrogen and oxygen atoms in total. The van der Waals surface area contributed by atoms with Gasteiger partial charge in [-0.3, -0.25) is 4.79 Å². The molecule has 0 saturated heterocycles. The van der Waals surface area contributed by atoms with E-state index in [1.165, 1.54) is 10.9 Å². The predicted octanol–water partition coefficient (Wildman–Crippen LogP) is 2.50. The smallest absolute Gasteiger partial charge is 0.283 e. The highest BCUT2D eigenvalue weighted by molar-refractivity contribution is 9.10. The Balaban J connectivity index is 2.51. The van der Waals surface area contributed by atoms with E-state index in [-0.39, 0.29) is 12.2 Å². The molecule has 114 valence electrons. The largest absolute Gasteiger partial charge is 0.380 e. The molecule has 20 heavy (non-hydrogen) atoms. The summed E-state index contributed by atoms with van der Waals surface area (Å²) >= 11 is 3.22. The van der Waals surface area contributed by atoms with Crippen molar-refractivity contribution in [1.82, 2.24) is 9.78 Å². The van der Waals surface area contributed by atoms with Crippen molar-refractivity contribution in [3.8, 4) is 0 Å². The molecule has 0 spiro atoms. The van der Waals surface area contributed by atoms with Crippen LogP contribution in [0.1, 0.15) is 19.8 Å². The number of alkyl halides is 2. The molecule has 0 saturated carbocycles. The first kappa shape index (κ1) is 17.0. The molecule has 0 aliphatic heterocycles. The minimum Gasteiger partial charge on any atom is -0.380 e. The second-order valence-electron chi connectivity index (χ2n) is 4.15. The van der Waals surface area contributed by atoms with Gasteiger partial charge in [-0.1, -0.05) is 13.3 Å². The summed E-state index contributed by atoms with van der Waals surface area (Å²) in [7, 11) is 0. The van der Waals surface area contributed by atoms with Gasteiger partial charge >= 0.3 is 0 Å². The molecule has 0 aliphatic carbocycles. The molecule has 0 fully saturated rings. The number of nitrogens with zero attached hydrogens (tertiary/aromatic N) is 2. The summed E-state index contributed by atoms with van der Waals surface area (Å²) in [5.41, 5.74) is 0.320. The van der Waals surface area contributed by atoms with Crippen molar-refractivity contribution in [1.29, 1.82) is 0 Å². The Labute approximate surface area is 124 Å². The zero-order valence-corrected chi connectivity index (χ0v) is 12.8. The maximum absolute atomic E-state index is 12.0. The van der Waals surface area contributed by atoms with Crippen LogP contribution in [0.15, 0.2) is 15.5 Å². The van der Waals surface area contributed by atoms with Crippen molar-refractivity contribution in [3.05, 3.63) is 21.0 Å². The molecule has 1 heterocycles. The highest BCUT2D eigenvalue weighted by Crippen LogP contribution is 2.15. The molecule has 0 aliphatic rings. The number of aromatic nitrogens is 2. The zero-order valence-electron chi connectivity index (χ0n) is 11.2. The Morgan fingerprint density at radius 3 is 2.95 bits per heavy atom. The van der Waals surface area contributed by atoms with Crippen LogP contribution in [0.2, 0.25) is 0 Å². The van der Waals surface area contributed by atoms with Gasteiger partial charge in [0.05, 0.1) is 18.5 Å². The van der Waals surface area contributed by atoms with E-state index in [9.17, 15) is 13.6 Å². The number of hydrogen-bond acceptors (Lipinski definition) is 4. The molecule has 0 amide bonds. The molecule has 1 N–H and O–H groups in total. The van der Waals surface area contributed by atoms with Gasteiger partial charge in [-0.2, -0.15) is 5.10 Å². The standard InChI is InChI=1S/C12H18BrF2N3O2/c1-2-3-5-18-12(19)11(13)9(7-17-18)16-4-6-20-8-10(14)15/h7,10,16H,2-6,8H2,1H3. The summed E-state index contributed by atoms with van der Waals surface area (Å²) in [6, 6.07) is 0. The van der Waals surface area contributed by atoms with Gasteiger partial charge < -0.3 is 10.1 Å². The van der Waals surface area contributed by atoms with Crippen LogP contribution in [0.5, 0.6) is 0 Å². The average Bonchev–Trinajstić information content (AvgIpc) is 2.41. The van der Waals surface area contributed by atoms with Crippen molar-refractivity contribution in [2.24, 2.45) is 0 Å². The lowest BCUT2D eigenvalue weighted by Gasteiger charge is -2.10. The lowest BCUT2D eigenvalue weighted by Crippen LogP contribution is -2.25. The van der Waals surface area contributed by atoms with Crippen molar-refractivity contribution in [3.63, 3.8) is 0 Å². The van der Waals surface area contributed by atoms with E-state index in [4.69, 9.17) is 4.74 Å². The van der Waals surface area contributed by atoms with Crippen LogP contribution in [0.3, 0.4) is 0 Å². The van der Waals surface area contributed by atoms with E-state index in [1.807, 2.05) is 6.92 Å². The molecular weight excluding hydrogens is 336 g/mol. The lowest BCUT2D eigenvalue weighted by molar-refractivity contribution is 0.0215. The first-order chi connectivity index (χ1) is 9.56. The van der Waals surface area contributed by atoms with Gasteiger partial charge in [0.25, 0.3) is 12.0 Å². The van der Waals surface area contributed by atoms with Crippen molar-refractivity contribution in [2.75, 3.05) is 25.1 Å². The van der Waals surface area contributed by atoms with Gasteiger partial charge in [0.15, 0.2) is 0 Å². The summed E-state index contributed by atoms with van der Waals surface area (Å²) in [5, 5.41) is 6.97. The van der Waals surface area contributed by atoms with Crippen LogP contribution in [0.4, 0.5) is 14.5 Å². The van der Waals surface area contributed by atoms with Crippen LogP contribution in [0.25, 0.3) is 0 Å². The first-order valence-corrected chi connectivity index (χ1v) is 7.21. The quantitative estimate of drug-likeness (QED) is 0.693. The molecule has 0 radical (unpaired) electrons. The molecule has 0 atom stereocenters. The third-order valence-electron chi connectivity index (χ3n) is 2.51. The van der Waals surface area contributed by atoms with Crippen LogP contribution in [-0.4, -0.2) is 36.0 Å². The van der Waals surface area contributed by atoms with Crippen molar-refractivity contribution in [2.45, 2.75) is 32.7 Å². The molecule has 0 aromatic carbocycles. The Bertz CT molecular complexity index is 469. The fraction of sp³-hybridized carbons (Fsp3) is 0.667. The number of unbranched alkanes of at least 4 members (excludes halogenated alkanes) is 1. The van der Waals surface area contributed by atoms with Crippen molar-refractivity contribution < 1.29 is 13.5 Å². The molecule has 0 unspecified atom stereocenters. The highest BCUT2D eigenvalue weighted by Gasteiger charge is 2.08. The van der Waals surface area contributed by atoms with Crippen LogP contribution >= 0.6 is 15.9 Å². The average molecular weight is 354 g/mol. The fourth-order valence-electron chi connectivity index (χ4n) is 1.49. The molecule has 0 bridgehead atoms. The van der Waals surface area contributed by atoms with E-state index >= 15 is 0 Å². The number of anilines is 1. The van der Waals surface area contributed by atoms with Crippen LogP contribution in [0, 0.1) is 0 Å². The van der Waals surface area contributed by atoms with Gasteiger partial charge in [0.1, 0.15) is 11.1 Å². The highest BCUT2D eigenvalue weighted by atomic mass is 79.9. The van der Waals surface area contributed by atoms with E-state index in [2.05, 4.69) is 26.3 Å². The van der Waals surface area contributed by atoms with E-state index in [0.29, 0.717) is 23.2 Å². The molecule has 8 heteroatoms. The number of rotatable bonds is 9. The molecule has 1 aromatic heterocycles. The van der Waals surface area contributed by atoms with Gasteiger partial charge in [-0.25, -0.2) is 13.5 Å². The maximum Gasteiger partial charge on any atom is 0.283 e. The third-order valence-corrected chi connectivity index (χ3v) is 3.28. The summed E-state index contributed by atoms with van der Waals surface area (Å²) < 4.78 is 30.2. The van der Waals surface area contributed by atoms with Crippen LogP contribution in [-0.2, 0) is 11.3 Å². The molecular formula is C12H18BrF2N3O2. The Kier molecular flexibility index (Phi) is 7.68. The predicted molar refractivity (Wildman–Crippen MR) is 76.4 cm³/mol. The Hall–Kier alpha value is -1.02. The number of hydrogen-bond donors (Lipinski definition) is 1. The monoisotopic (exact) mass is 353 g/mol. The topological polar surface area (TPSA) is 56.1 Å². The summed E-state index contributed by atoms with van der Waals surface area (Å²) in [6.07, 6.45) is 0.931. The van der Waals surface area contributed by atoms with Gasteiger partial charge in [0, 0.05) is 13.1 Å². The number of nitrogens with one attached hydrogen (secondary N) is 1. The lowest BCUT2D eigenvalue weighted by atomic mass is 10.3. The number of halogens is 3. The van der Waals surface area contributed by atoms with Gasteiger partial charge in [0.2, 0.25) is 0 Å². The maximum atomic E-state index is 12.0. The first-order valence-electron chi connectivity index (χ1n) is 6.41. The second kappa shape index (κ2) is 9.02. The SMILES string of the molecule is CCCCn1ncc(NCCOCC(F)F)c(Br)c1=O. The Morgan fingerprint density at radius 1 is 1.55 bits per heavy atom. The van der Waals surface area contributed by atoms with Crippen LogP contribution < -0.4 is 10.9 Å². The summed E-state index contributed by atoms with van der Waals surface area (Å²) in [4.78, 5) is 12.0. The summed E-state index contributed by atoms with van der Waals surface area (Å²) in [6.45, 7) is 2.49. The second-order valence-corrected chi connectivity index (χ2v) is 4.94. The fourth-order valence-corrected chi connectivity index (χ4v) is 1.93. The van der Waals surface area contributed by atoms with E-state index in [0.717, 1.165) is 12.8 Å². The van der Waals surface area contributed by atoms with E-state index in [1.54, 1.807) is 0 Å². The zero-order chi connectivity index (χ0) is 15.0. The normalized spacial score (nSPS) is 11.1. The van der Waals surface area contributed by atoms with Gasteiger partial charge in [-0.05, 0) is 22.4 Å².